The van der Waals surface area contributed by atoms with Gasteiger partial charge in [-0.25, -0.2) is 13.9 Å². The SMILES string of the molecule is Cc1cc(C(F)(F)F)n2nc(C(=O)Nc3c(C)nn(Cc4ccc(F)cc4Cl)c3C)c(Br)c2n1. The molecule has 178 valence electrons. The van der Waals surface area contributed by atoms with E-state index in [1.807, 2.05) is 0 Å². The first-order valence-corrected chi connectivity index (χ1v) is 11.0. The Kier molecular flexibility index (Phi) is 6.15. The molecule has 0 spiro atoms. The van der Waals surface area contributed by atoms with Crippen molar-refractivity contribution in [3.63, 3.8) is 0 Å². The molecular formula is C21H16BrClF4N6O. The quantitative estimate of drug-likeness (QED) is 0.324. The predicted molar refractivity (Wildman–Crippen MR) is 121 cm³/mol. The summed E-state index contributed by atoms with van der Waals surface area (Å²) in [6, 6.07) is 4.86. The molecule has 13 heteroatoms. The molecule has 7 nitrogen and oxygen atoms in total. The maximum absolute atomic E-state index is 13.5. The van der Waals surface area contributed by atoms with E-state index in [1.54, 1.807) is 18.5 Å². The molecule has 0 saturated heterocycles. The Labute approximate surface area is 203 Å². The topological polar surface area (TPSA) is 77.1 Å². The van der Waals surface area contributed by atoms with E-state index in [4.69, 9.17) is 11.6 Å². The van der Waals surface area contributed by atoms with Crippen LogP contribution in [0.2, 0.25) is 5.02 Å². The van der Waals surface area contributed by atoms with E-state index >= 15 is 0 Å². The Morgan fingerprint density at radius 1 is 1.18 bits per heavy atom. The van der Waals surface area contributed by atoms with Gasteiger partial charge in [0.25, 0.3) is 5.91 Å². The monoisotopic (exact) mass is 558 g/mol. The molecule has 0 saturated carbocycles. The number of carbonyl (C=O) groups excluding carboxylic acids is 1. The smallest absolute Gasteiger partial charge is 0.317 e. The van der Waals surface area contributed by atoms with Gasteiger partial charge in [0.2, 0.25) is 0 Å². The van der Waals surface area contributed by atoms with Crippen molar-refractivity contribution in [1.82, 2.24) is 24.4 Å². The van der Waals surface area contributed by atoms with Crippen LogP contribution in [0.4, 0.5) is 23.2 Å². The van der Waals surface area contributed by atoms with Crippen LogP contribution in [0.5, 0.6) is 0 Å². The van der Waals surface area contributed by atoms with Crippen molar-refractivity contribution < 1.29 is 22.4 Å². The fourth-order valence-corrected chi connectivity index (χ4v) is 4.22. The summed E-state index contributed by atoms with van der Waals surface area (Å²) < 4.78 is 56.0. The lowest BCUT2D eigenvalue weighted by Gasteiger charge is -2.09. The largest absolute Gasteiger partial charge is 0.433 e. The van der Waals surface area contributed by atoms with Crippen molar-refractivity contribution >= 4 is 44.8 Å². The van der Waals surface area contributed by atoms with E-state index in [0.29, 0.717) is 27.2 Å². The second-order valence-electron chi connectivity index (χ2n) is 7.57. The Hall–Kier alpha value is -2.99. The van der Waals surface area contributed by atoms with Crippen LogP contribution in [0, 0.1) is 26.6 Å². The number of rotatable bonds is 4. The summed E-state index contributed by atoms with van der Waals surface area (Å²) in [7, 11) is 0. The number of benzene rings is 1. The average Bonchev–Trinajstić information content (AvgIpc) is 3.20. The molecular weight excluding hydrogens is 544 g/mol. The minimum Gasteiger partial charge on any atom is -0.317 e. The van der Waals surface area contributed by atoms with E-state index in [-0.39, 0.29) is 33.1 Å². The summed E-state index contributed by atoms with van der Waals surface area (Å²) in [6.07, 6.45) is -4.69. The molecule has 0 aliphatic carbocycles. The number of nitrogens with one attached hydrogen (secondary N) is 1. The molecule has 0 radical (unpaired) electrons. The van der Waals surface area contributed by atoms with Crippen molar-refractivity contribution in [3.05, 3.63) is 73.6 Å². The number of hydrogen-bond donors (Lipinski definition) is 1. The molecule has 3 aromatic heterocycles. The number of aromatic nitrogens is 5. The highest BCUT2D eigenvalue weighted by Crippen LogP contribution is 2.33. The third-order valence-electron chi connectivity index (χ3n) is 5.12. The van der Waals surface area contributed by atoms with Gasteiger partial charge in [-0.2, -0.15) is 23.4 Å². The van der Waals surface area contributed by atoms with Crippen LogP contribution in [0.1, 0.15) is 38.8 Å². The van der Waals surface area contributed by atoms with Crippen molar-refractivity contribution in [2.24, 2.45) is 0 Å². The zero-order chi connectivity index (χ0) is 24.9. The van der Waals surface area contributed by atoms with E-state index in [9.17, 15) is 22.4 Å². The van der Waals surface area contributed by atoms with E-state index < -0.39 is 23.6 Å². The molecule has 1 aromatic carbocycles. The molecule has 4 aromatic rings. The third kappa shape index (κ3) is 4.39. The number of fused-ring (bicyclic) bond motifs is 1. The standard InChI is InChI=1S/C21H16BrClF4N6O/c1-9-6-15(21(25,26)27)33-19(28-9)16(22)18(31-33)20(34)29-17-10(2)30-32(11(17)3)8-12-4-5-13(24)7-14(12)23/h4-7H,8H2,1-3H3,(H,29,34). The summed E-state index contributed by atoms with van der Waals surface area (Å²) in [6.45, 7) is 5.01. The van der Waals surface area contributed by atoms with Crippen LogP contribution in [0.25, 0.3) is 5.65 Å². The first-order valence-electron chi connectivity index (χ1n) is 9.79. The van der Waals surface area contributed by atoms with Gasteiger partial charge in [0.15, 0.2) is 11.3 Å². The van der Waals surface area contributed by atoms with E-state index in [1.165, 1.54) is 25.1 Å². The van der Waals surface area contributed by atoms with Gasteiger partial charge < -0.3 is 5.32 Å². The van der Waals surface area contributed by atoms with Gasteiger partial charge in [0, 0.05) is 10.7 Å². The number of aryl methyl sites for hydroxylation is 2. The third-order valence-corrected chi connectivity index (χ3v) is 6.20. The molecule has 1 N–H and O–H groups in total. The summed E-state index contributed by atoms with van der Waals surface area (Å²) in [5.41, 5.74) is 0.698. The molecule has 3 heterocycles. The molecule has 34 heavy (non-hydrogen) atoms. The summed E-state index contributed by atoms with van der Waals surface area (Å²) in [5, 5.41) is 11.2. The minimum absolute atomic E-state index is 0.0278. The fourth-order valence-electron chi connectivity index (χ4n) is 3.48. The Bertz CT molecular complexity index is 1450. The number of hydrogen-bond acceptors (Lipinski definition) is 4. The van der Waals surface area contributed by atoms with Gasteiger partial charge in [0.1, 0.15) is 11.5 Å². The van der Waals surface area contributed by atoms with Crippen LogP contribution < -0.4 is 5.32 Å². The Balaban J connectivity index is 1.68. The minimum atomic E-state index is -4.69. The van der Waals surface area contributed by atoms with Crippen LogP contribution >= 0.6 is 27.5 Å². The van der Waals surface area contributed by atoms with Gasteiger partial charge >= 0.3 is 6.18 Å². The fraction of sp³-hybridized carbons (Fsp3) is 0.238. The first-order chi connectivity index (χ1) is 15.9. The van der Waals surface area contributed by atoms with E-state index in [0.717, 1.165) is 6.07 Å². The van der Waals surface area contributed by atoms with Crippen LogP contribution in [-0.4, -0.2) is 30.3 Å². The molecule has 0 bridgehead atoms. The number of nitrogens with zero attached hydrogens (tertiary/aromatic N) is 5. The Morgan fingerprint density at radius 2 is 1.88 bits per heavy atom. The van der Waals surface area contributed by atoms with Gasteiger partial charge in [-0.05, 0) is 60.5 Å². The molecule has 0 aliphatic heterocycles. The lowest BCUT2D eigenvalue weighted by Crippen LogP contribution is -2.16. The van der Waals surface area contributed by atoms with E-state index in [2.05, 4.69) is 36.4 Å². The van der Waals surface area contributed by atoms with Crippen molar-refractivity contribution in [1.29, 1.82) is 0 Å². The highest BCUT2D eigenvalue weighted by molar-refractivity contribution is 9.10. The maximum Gasteiger partial charge on any atom is 0.433 e. The Morgan fingerprint density at radius 3 is 2.53 bits per heavy atom. The summed E-state index contributed by atoms with van der Waals surface area (Å²) >= 11 is 9.26. The number of anilines is 1. The summed E-state index contributed by atoms with van der Waals surface area (Å²) in [5.74, 6) is -1.21. The van der Waals surface area contributed by atoms with Crippen LogP contribution in [0.15, 0.2) is 28.7 Å². The molecule has 0 unspecified atom stereocenters. The highest BCUT2D eigenvalue weighted by atomic mass is 79.9. The number of amides is 1. The first kappa shape index (κ1) is 24.1. The van der Waals surface area contributed by atoms with Crippen LogP contribution in [0.3, 0.4) is 0 Å². The second-order valence-corrected chi connectivity index (χ2v) is 8.77. The summed E-state index contributed by atoms with van der Waals surface area (Å²) in [4.78, 5) is 17.1. The van der Waals surface area contributed by atoms with Gasteiger partial charge in [-0.3, -0.25) is 9.48 Å². The average molecular weight is 560 g/mol. The molecule has 0 atom stereocenters. The normalized spacial score (nSPS) is 11.9. The molecule has 0 fully saturated rings. The maximum atomic E-state index is 13.5. The number of alkyl halides is 3. The van der Waals surface area contributed by atoms with Crippen molar-refractivity contribution in [2.75, 3.05) is 5.32 Å². The lowest BCUT2D eigenvalue weighted by molar-refractivity contribution is -0.142. The second kappa shape index (κ2) is 8.66. The zero-order valence-electron chi connectivity index (χ0n) is 17.9. The molecule has 0 aliphatic rings. The number of halogens is 6. The van der Waals surface area contributed by atoms with Crippen molar-refractivity contribution in [2.45, 2.75) is 33.5 Å². The molecule has 1 amide bonds. The highest BCUT2D eigenvalue weighted by Gasteiger charge is 2.36. The number of carbonyl (C=O) groups is 1. The van der Waals surface area contributed by atoms with Gasteiger partial charge in [-0.1, -0.05) is 17.7 Å². The molecule has 4 rings (SSSR count). The lowest BCUT2D eigenvalue weighted by atomic mass is 10.2. The van der Waals surface area contributed by atoms with Gasteiger partial charge in [-0.15, -0.1) is 0 Å². The zero-order valence-corrected chi connectivity index (χ0v) is 20.3. The predicted octanol–water partition coefficient (Wildman–Crippen LogP) is 5.73. The van der Waals surface area contributed by atoms with Gasteiger partial charge in [0.05, 0.1) is 28.1 Å². The van der Waals surface area contributed by atoms with Crippen molar-refractivity contribution in [3.8, 4) is 0 Å². The van der Waals surface area contributed by atoms with Crippen LogP contribution in [-0.2, 0) is 12.7 Å².